The van der Waals surface area contributed by atoms with Crippen molar-refractivity contribution in [3.05, 3.63) is 41.0 Å². The summed E-state index contributed by atoms with van der Waals surface area (Å²) in [6.07, 6.45) is 2.22. The number of aryl methyl sites for hydroxylation is 1. The maximum Gasteiger partial charge on any atom is 0.416 e. The van der Waals surface area contributed by atoms with E-state index in [4.69, 9.17) is 0 Å². The Hall–Kier alpha value is -1.29. The smallest absolute Gasteiger partial charge is 0.297 e. The molecule has 2 bridgehead atoms. The number of benzene rings is 1. The fourth-order valence-electron chi connectivity index (χ4n) is 3.59. The Morgan fingerprint density at radius 2 is 1.95 bits per heavy atom. The third-order valence-corrected chi connectivity index (χ3v) is 4.90. The van der Waals surface area contributed by atoms with Crippen molar-refractivity contribution in [1.82, 2.24) is 4.90 Å². The van der Waals surface area contributed by atoms with Crippen molar-refractivity contribution in [2.75, 3.05) is 7.05 Å². The van der Waals surface area contributed by atoms with Crippen LogP contribution in [0.4, 0.5) is 13.2 Å². The van der Waals surface area contributed by atoms with Crippen molar-refractivity contribution < 1.29 is 13.2 Å². The maximum absolute atomic E-state index is 12.9. The molecule has 1 saturated heterocycles. The van der Waals surface area contributed by atoms with E-state index in [1.807, 2.05) is 6.92 Å². The van der Waals surface area contributed by atoms with Crippen molar-refractivity contribution in [3.63, 3.8) is 0 Å². The number of rotatable bonds is 1. The van der Waals surface area contributed by atoms with Gasteiger partial charge in [-0.3, -0.25) is 4.90 Å². The summed E-state index contributed by atoms with van der Waals surface area (Å²) in [5.74, 6) is 0. The van der Waals surface area contributed by atoms with E-state index < -0.39 is 11.7 Å². The topological polar surface area (TPSA) is 3.24 Å². The Morgan fingerprint density at radius 3 is 2.62 bits per heavy atom. The van der Waals surface area contributed by atoms with E-state index in [2.05, 4.69) is 18.0 Å². The van der Waals surface area contributed by atoms with Crippen molar-refractivity contribution in [2.24, 2.45) is 0 Å². The predicted molar refractivity (Wildman–Crippen MR) is 78.0 cm³/mol. The van der Waals surface area contributed by atoms with Gasteiger partial charge in [0.05, 0.1) is 5.56 Å². The lowest BCUT2D eigenvalue weighted by Crippen LogP contribution is -2.45. The van der Waals surface area contributed by atoms with Crippen LogP contribution >= 0.6 is 0 Å². The van der Waals surface area contributed by atoms with E-state index in [1.165, 1.54) is 18.6 Å². The molecule has 0 amide bonds. The van der Waals surface area contributed by atoms with Crippen molar-refractivity contribution in [3.8, 4) is 0 Å². The number of hydrogen-bond acceptors (Lipinski definition) is 1. The summed E-state index contributed by atoms with van der Waals surface area (Å²) < 4.78 is 38.8. The largest absolute Gasteiger partial charge is 0.416 e. The van der Waals surface area contributed by atoms with Crippen molar-refractivity contribution >= 4 is 5.57 Å². The Balaban J connectivity index is 2.00. The molecule has 2 atom stereocenters. The summed E-state index contributed by atoms with van der Waals surface area (Å²) in [5, 5.41) is 0. The van der Waals surface area contributed by atoms with Crippen LogP contribution in [0.5, 0.6) is 0 Å². The first-order valence-corrected chi connectivity index (χ1v) is 7.47. The minimum Gasteiger partial charge on any atom is -0.297 e. The fourth-order valence-corrected chi connectivity index (χ4v) is 3.59. The van der Waals surface area contributed by atoms with Crippen LogP contribution in [0.15, 0.2) is 24.3 Å². The van der Waals surface area contributed by atoms with Crippen LogP contribution in [0.3, 0.4) is 0 Å². The number of likely N-dealkylation sites (N-methyl/N-ethyl adjacent to an activating group) is 1. The summed E-state index contributed by atoms with van der Waals surface area (Å²) >= 11 is 0. The van der Waals surface area contributed by atoms with E-state index >= 15 is 0 Å². The molecule has 2 heterocycles. The van der Waals surface area contributed by atoms with Gasteiger partial charge in [-0.2, -0.15) is 13.2 Å². The summed E-state index contributed by atoms with van der Waals surface area (Å²) in [5.41, 5.74) is 2.24. The molecule has 1 fully saturated rings. The first-order valence-electron chi connectivity index (χ1n) is 7.47. The number of nitrogens with zero attached hydrogens (tertiary/aromatic N) is 1. The Labute approximate surface area is 123 Å². The summed E-state index contributed by atoms with van der Waals surface area (Å²) in [6.45, 7) is 1.89. The minimum atomic E-state index is -4.27. The van der Waals surface area contributed by atoms with Crippen LogP contribution in [0, 0.1) is 6.92 Å². The molecule has 0 aromatic heterocycles. The first-order chi connectivity index (χ1) is 9.86. The predicted octanol–water partition coefficient (Wildman–Crippen LogP) is 4.65. The van der Waals surface area contributed by atoms with Gasteiger partial charge in [0.2, 0.25) is 0 Å². The van der Waals surface area contributed by atoms with Gasteiger partial charge in [0, 0.05) is 12.1 Å². The van der Waals surface area contributed by atoms with Crippen LogP contribution in [0.1, 0.15) is 42.4 Å². The van der Waals surface area contributed by atoms with Gasteiger partial charge in [0.25, 0.3) is 0 Å². The second-order valence-corrected chi connectivity index (χ2v) is 6.24. The minimum absolute atomic E-state index is 0.376. The lowest BCUT2D eigenvalue weighted by atomic mass is 9.82. The molecule has 2 aliphatic rings. The van der Waals surface area contributed by atoms with Gasteiger partial charge in [-0.25, -0.2) is 0 Å². The standard InChI is InChI=1S/C17H20F3N/c1-11-6-7-13(17(18,19)20)10-16(11)12-8-14-4-3-5-15(9-12)21(14)2/h6-8,10,14-15H,3-5,9H2,1-2H3. The zero-order valence-electron chi connectivity index (χ0n) is 12.4. The average Bonchev–Trinajstić information content (AvgIpc) is 2.38. The molecule has 0 saturated carbocycles. The second kappa shape index (κ2) is 5.16. The van der Waals surface area contributed by atoms with E-state index in [-0.39, 0.29) is 0 Å². The van der Waals surface area contributed by atoms with Gasteiger partial charge < -0.3 is 0 Å². The molecule has 2 aliphatic heterocycles. The van der Waals surface area contributed by atoms with Crippen LogP contribution in [-0.4, -0.2) is 24.0 Å². The van der Waals surface area contributed by atoms with Crippen molar-refractivity contribution in [2.45, 2.75) is 50.9 Å². The highest BCUT2D eigenvalue weighted by Crippen LogP contribution is 2.39. The van der Waals surface area contributed by atoms with Crippen molar-refractivity contribution in [1.29, 1.82) is 0 Å². The van der Waals surface area contributed by atoms with E-state index in [0.29, 0.717) is 12.1 Å². The third-order valence-electron chi connectivity index (χ3n) is 4.90. The number of hydrogen-bond donors (Lipinski definition) is 0. The molecular weight excluding hydrogens is 275 g/mol. The average molecular weight is 295 g/mol. The van der Waals surface area contributed by atoms with E-state index in [1.54, 1.807) is 6.07 Å². The van der Waals surface area contributed by atoms with Gasteiger partial charge in [0.15, 0.2) is 0 Å². The normalized spacial score (nSPS) is 26.6. The SMILES string of the molecule is Cc1ccc(C(F)(F)F)cc1C1=CC2CCCC(C1)N2C. The number of halogens is 3. The second-order valence-electron chi connectivity index (χ2n) is 6.24. The van der Waals surface area contributed by atoms with Gasteiger partial charge >= 0.3 is 6.18 Å². The lowest BCUT2D eigenvalue weighted by molar-refractivity contribution is -0.137. The number of fused-ring (bicyclic) bond motifs is 2. The van der Waals surface area contributed by atoms with E-state index in [9.17, 15) is 13.2 Å². The molecule has 1 aromatic rings. The van der Waals surface area contributed by atoms with Crippen LogP contribution < -0.4 is 0 Å². The zero-order valence-corrected chi connectivity index (χ0v) is 12.4. The van der Waals surface area contributed by atoms with Crippen LogP contribution in [0.25, 0.3) is 5.57 Å². The molecule has 3 rings (SSSR count). The highest BCUT2D eigenvalue weighted by molar-refractivity contribution is 5.70. The Bertz CT molecular complexity index is 574. The molecule has 2 unspecified atom stereocenters. The number of alkyl halides is 3. The van der Waals surface area contributed by atoms with Crippen LogP contribution in [-0.2, 0) is 6.18 Å². The molecule has 0 radical (unpaired) electrons. The summed E-state index contributed by atoms with van der Waals surface area (Å²) in [6, 6.07) is 4.93. The molecule has 1 aromatic carbocycles. The highest BCUT2D eigenvalue weighted by atomic mass is 19.4. The molecule has 21 heavy (non-hydrogen) atoms. The Kier molecular flexibility index (Phi) is 3.60. The maximum atomic E-state index is 12.9. The van der Waals surface area contributed by atoms with Gasteiger partial charge in [-0.05, 0) is 62.1 Å². The molecule has 0 N–H and O–H groups in total. The molecule has 0 aliphatic carbocycles. The van der Waals surface area contributed by atoms with Crippen LogP contribution in [0.2, 0.25) is 0 Å². The molecule has 1 nitrogen and oxygen atoms in total. The molecule has 4 heteroatoms. The van der Waals surface area contributed by atoms with Gasteiger partial charge in [-0.15, -0.1) is 0 Å². The third kappa shape index (κ3) is 2.73. The quantitative estimate of drug-likeness (QED) is 0.728. The molecule has 0 spiro atoms. The Morgan fingerprint density at radius 1 is 1.19 bits per heavy atom. The van der Waals surface area contributed by atoms with E-state index in [0.717, 1.165) is 36.0 Å². The first kappa shape index (κ1) is 14.6. The monoisotopic (exact) mass is 295 g/mol. The highest BCUT2D eigenvalue weighted by Gasteiger charge is 2.34. The van der Waals surface area contributed by atoms with Gasteiger partial charge in [0.1, 0.15) is 0 Å². The molecular formula is C17H20F3N. The molecule has 114 valence electrons. The fraction of sp³-hybridized carbons (Fsp3) is 0.529. The van der Waals surface area contributed by atoms with Gasteiger partial charge in [-0.1, -0.05) is 18.6 Å². The summed E-state index contributed by atoms with van der Waals surface area (Å²) in [7, 11) is 2.13. The summed E-state index contributed by atoms with van der Waals surface area (Å²) in [4.78, 5) is 2.37. The lowest BCUT2D eigenvalue weighted by Gasteiger charge is -2.43. The zero-order chi connectivity index (χ0) is 15.2. The number of piperidine rings is 1.